The SMILES string of the molecule is Ic1ccc(COc2cccc(CNCC3CNC3)c2)cc1. The lowest BCUT2D eigenvalue weighted by Crippen LogP contribution is -2.47. The van der Waals surface area contributed by atoms with Crippen molar-refractivity contribution in [2.24, 2.45) is 5.92 Å². The molecule has 22 heavy (non-hydrogen) atoms. The highest BCUT2D eigenvalue weighted by molar-refractivity contribution is 14.1. The van der Waals surface area contributed by atoms with Gasteiger partial charge in [0.1, 0.15) is 12.4 Å². The van der Waals surface area contributed by atoms with Gasteiger partial charge in [0, 0.05) is 29.7 Å². The monoisotopic (exact) mass is 408 g/mol. The van der Waals surface area contributed by atoms with Crippen LogP contribution < -0.4 is 15.4 Å². The molecule has 0 amide bonds. The molecule has 0 bridgehead atoms. The third kappa shape index (κ3) is 4.69. The number of halogens is 1. The molecular formula is C18H21IN2O. The standard InChI is InChI=1S/C18H21IN2O/c19-17-6-4-14(5-7-17)13-22-18-3-1-2-15(8-18)9-20-10-16-11-21-12-16/h1-8,16,20-21H,9-13H2. The molecule has 1 aliphatic rings. The van der Waals surface area contributed by atoms with Gasteiger partial charge in [-0.2, -0.15) is 0 Å². The molecule has 0 saturated carbocycles. The molecule has 2 N–H and O–H groups in total. The zero-order valence-corrected chi connectivity index (χ0v) is 14.7. The van der Waals surface area contributed by atoms with Crippen LogP contribution in [0, 0.1) is 9.49 Å². The molecule has 4 heteroatoms. The fourth-order valence-corrected chi connectivity index (χ4v) is 2.77. The molecule has 0 aliphatic carbocycles. The van der Waals surface area contributed by atoms with Crippen LogP contribution in [-0.4, -0.2) is 19.6 Å². The van der Waals surface area contributed by atoms with Crippen LogP contribution >= 0.6 is 22.6 Å². The maximum absolute atomic E-state index is 5.89. The minimum atomic E-state index is 0.613. The predicted octanol–water partition coefficient (Wildman–Crippen LogP) is 3.18. The molecule has 0 spiro atoms. The van der Waals surface area contributed by atoms with Gasteiger partial charge in [-0.25, -0.2) is 0 Å². The third-order valence-corrected chi connectivity index (χ3v) is 4.56. The lowest BCUT2D eigenvalue weighted by molar-refractivity contribution is 0.305. The van der Waals surface area contributed by atoms with Crippen LogP contribution in [0.2, 0.25) is 0 Å². The van der Waals surface area contributed by atoms with Gasteiger partial charge in [-0.3, -0.25) is 0 Å². The van der Waals surface area contributed by atoms with Crippen LogP contribution in [0.4, 0.5) is 0 Å². The Balaban J connectivity index is 1.48. The van der Waals surface area contributed by atoms with Crippen molar-refractivity contribution in [3.05, 3.63) is 63.2 Å². The quantitative estimate of drug-likeness (QED) is 0.691. The fraction of sp³-hybridized carbons (Fsp3) is 0.333. The second-order valence-corrected chi connectivity index (χ2v) is 6.96. The maximum Gasteiger partial charge on any atom is 0.120 e. The summed E-state index contributed by atoms with van der Waals surface area (Å²) in [6, 6.07) is 16.8. The van der Waals surface area contributed by atoms with E-state index in [0.29, 0.717) is 6.61 Å². The Labute approximate surface area is 145 Å². The predicted molar refractivity (Wildman–Crippen MR) is 98.0 cm³/mol. The number of hydrogen-bond acceptors (Lipinski definition) is 3. The van der Waals surface area contributed by atoms with Crippen LogP contribution in [-0.2, 0) is 13.2 Å². The smallest absolute Gasteiger partial charge is 0.120 e. The summed E-state index contributed by atoms with van der Waals surface area (Å²) in [5, 5.41) is 6.81. The fourth-order valence-electron chi connectivity index (χ4n) is 2.41. The summed E-state index contributed by atoms with van der Waals surface area (Å²) in [6.07, 6.45) is 0. The molecule has 1 saturated heterocycles. The summed E-state index contributed by atoms with van der Waals surface area (Å²) in [5.74, 6) is 1.73. The minimum Gasteiger partial charge on any atom is -0.489 e. The zero-order valence-electron chi connectivity index (χ0n) is 12.5. The second kappa shape index (κ2) is 7.94. The Morgan fingerprint density at radius 3 is 2.64 bits per heavy atom. The van der Waals surface area contributed by atoms with Crippen molar-refractivity contribution in [3.63, 3.8) is 0 Å². The van der Waals surface area contributed by atoms with E-state index in [-0.39, 0.29) is 0 Å². The number of rotatable bonds is 7. The van der Waals surface area contributed by atoms with E-state index in [0.717, 1.165) is 37.8 Å². The highest BCUT2D eigenvalue weighted by Crippen LogP contribution is 2.16. The molecule has 1 fully saturated rings. The largest absolute Gasteiger partial charge is 0.489 e. The zero-order chi connectivity index (χ0) is 15.2. The molecule has 1 aliphatic heterocycles. The van der Waals surface area contributed by atoms with Gasteiger partial charge in [0.05, 0.1) is 0 Å². The first-order chi connectivity index (χ1) is 10.8. The van der Waals surface area contributed by atoms with Crippen molar-refractivity contribution < 1.29 is 4.74 Å². The first-order valence-electron chi connectivity index (χ1n) is 7.67. The maximum atomic E-state index is 5.89. The molecule has 0 aromatic heterocycles. The van der Waals surface area contributed by atoms with Gasteiger partial charge in [0.15, 0.2) is 0 Å². The van der Waals surface area contributed by atoms with E-state index in [4.69, 9.17) is 4.74 Å². The number of ether oxygens (including phenoxy) is 1. The number of nitrogens with one attached hydrogen (secondary N) is 2. The summed E-state index contributed by atoms with van der Waals surface area (Å²) in [4.78, 5) is 0. The van der Waals surface area contributed by atoms with Crippen molar-refractivity contribution in [1.29, 1.82) is 0 Å². The van der Waals surface area contributed by atoms with E-state index in [2.05, 4.69) is 75.7 Å². The van der Waals surface area contributed by atoms with Gasteiger partial charge in [-0.1, -0.05) is 24.3 Å². The normalized spacial score (nSPS) is 14.6. The van der Waals surface area contributed by atoms with E-state index in [1.165, 1.54) is 14.7 Å². The Kier molecular flexibility index (Phi) is 5.70. The van der Waals surface area contributed by atoms with E-state index in [1.807, 2.05) is 6.07 Å². The van der Waals surface area contributed by atoms with Gasteiger partial charge in [-0.05, 0) is 63.9 Å². The van der Waals surface area contributed by atoms with Crippen molar-refractivity contribution >= 4 is 22.6 Å². The molecule has 2 aromatic rings. The first kappa shape index (κ1) is 15.8. The third-order valence-electron chi connectivity index (χ3n) is 3.85. The molecular weight excluding hydrogens is 387 g/mol. The van der Waals surface area contributed by atoms with Gasteiger partial charge in [0.2, 0.25) is 0 Å². The van der Waals surface area contributed by atoms with Gasteiger partial charge < -0.3 is 15.4 Å². The van der Waals surface area contributed by atoms with Crippen molar-refractivity contribution in [1.82, 2.24) is 10.6 Å². The molecule has 3 nitrogen and oxygen atoms in total. The molecule has 3 rings (SSSR count). The number of hydrogen-bond donors (Lipinski definition) is 2. The molecule has 1 heterocycles. The van der Waals surface area contributed by atoms with E-state index in [1.54, 1.807) is 0 Å². The van der Waals surface area contributed by atoms with Crippen molar-refractivity contribution in [2.75, 3.05) is 19.6 Å². The summed E-state index contributed by atoms with van der Waals surface area (Å²) >= 11 is 2.31. The lowest BCUT2D eigenvalue weighted by atomic mass is 10.0. The molecule has 116 valence electrons. The first-order valence-corrected chi connectivity index (χ1v) is 8.75. The van der Waals surface area contributed by atoms with E-state index < -0.39 is 0 Å². The minimum absolute atomic E-state index is 0.613. The van der Waals surface area contributed by atoms with Crippen LogP contribution in [0.3, 0.4) is 0 Å². The Bertz CT molecular complexity index is 596. The summed E-state index contributed by atoms with van der Waals surface area (Å²) in [7, 11) is 0. The van der Waals surface area contributed by atoms with E-state index in [9.17, 15) is 0 Å². The van der Waals surface area contributed by atoms with Gasteiger partial charge in [0.25, 0.3) is 0 Å². The second-order valence-electron chi connectivity index (χ2n) is 5.72. The molecule has 0 radical (unpaired) electrons. The van der Waals surface area contributed by atoms with Crippen molar-refractivity contribution in [3.8, 4) is 5.75 Å². The summed E-state index contributed by atoms with van der Waals surface area (Å²) in [6.45, 7) is 4.89. The summed E-state index contributed by atoms with van der Waals surface area (Å²) < 4.78 is 7.14. The van der Waals surface area contributed by atoms with Crippen LogP contribution in [0.5, 0.6) is 5.75 Å². The van der Waals surface area contributed by atoms with E-state index >= 15 is 0 Å². The lowest BCUT2D eigenvalue weighted by Gasteiger charge is -2.27. The van der Waals surface area contributed by atoms with Crippen LogP contribution in [0.15, 0.2) is 48.5 Å². The van der Waals surface area contributed by atoms with Crippen LogP contribution in [0.1, 0.15) is 11.1 Å². The Hall–Kier alpha value is -1.11. The average Bonchev–Trinajstić information content (AvgIpc) is 2.50. The highest BCUT2D eigenvalue weighted by Gasteiger charge is 2.15. The van der Waals surface area contributed by atoms with Gasteiger partial charge in [-0.15, -0.1) is 0 Å². The van der Waals surface area contributed by atoms with Gasteiger partial charge >= 0.3 is 0 Å². The van der Waals surface area contributed by atoms with Crippen molar-refractivity contribution in [2.45, 2.75) is 13.2 Å². The Morgan fingerprint density at radius 2 is 1.91 bits per heavy atom. The van der Waals surface area contributed by atoms with Crippen LogP contribution in [0.25, 0.3) is 0 Å². The average molecular weight is 408 g/mol. The number of benzene rings is 2. The molecule has 2 aromatic carbocycles. The Morgan fingerprint density at radius 1 is 1.09 bits per heavy atom. The highest BCUT2D eigenvalue weighted by atomic mass is 127. The molecule has 0 atom stereocenters. The molecule has 0 unspecified atom stereocenters. The topological polar surface area (TPSA) is 33.3 Å². The summed E-state index contributed by atoms with van der Waals surface area (Å²) in [5.41, 5.74) is 2.47.